The number of aromatic nitrogens is 4. The van der Waals surface area contributed by atoms with E-state index in [2.05, 4.69) is 27.4 Å². The van der Waals surface area contributed by atoms with E-state index in [0.29, 0.717) is 5.13 Å². The smallest absolute Gasteiger partial charge is 0.204 e. The Morgan fingerprint density at radius 1 is 1.08 bits per heavy atom. The number of benzene rings is 2. The van der Waals surface area contributed by atoms with Crippen LogP contribution < -0.4 is 0 Å². The van der Waals surface area contributed by atoms with Crippen LogP contribution in [0, 0.1) is 0 Å². The van der Waals surface area contributed by atoms with Gasteiger partial charge in [-0.2, -0.15) is 5.10 Å². The normalized spacial score (nSPS) is 11.5. The van der Waals surface area contributed by atoms with E-state index in [-0.39, 0.29) is 5.01 Å². The number of thioether (sulfide) groups is 1. The number of hydrogen-bond acceptors (Lipinski definition) is 5. The molecule has 0 saturated carbocycles. The van der Waals surface area contributed by atoms with Gasteiger partial charge in [0.05, 0.1) is 11.7 Å². The lowest BCUT2D eigenvalue weighted by molar-refractivity contribution is 0.150. The van der Waals surface area contributed by atoms with Crippen LogP contribution in [0.3, 0.4) is 0 Å². The first kappa shape index (κ1) is 16.2. The molecule has 0 fully saturated rings. The van der Waals surface area contributed by atoms with Crippen LogP contribution in [0.4, 0.5) is 8.78 Å². The molecule has 4 aromatic rings. The molecule has 25 heavy (non-hydrogen) atoms. The summed E-state index contributed by atoms with van der Waals surface area (Å²) in [7, 11) is 0. The number of hydrogen-bond donors (Lipinski definition) is 0. The largest absolute Gasteiger partial charge is 0.291 e. The third kappa shape index (κ3) is 3.40. The van der Waals surface area contributed by atoms with Crippen molar-refractivity contribution in [2.24, 2.45) is 0 Å². The van der Waals surface area contributed by atoms with Crippen LogP contribution in [0.2, 0.25) is 0 Å². The summed E-state index contributed by atoms with van der Waals surface area (Å²) in [5.41, 5.74) is 2.07. The molecule has 0 N–H and O–H groups in total. The standard InChI is InChI=1S/C17H12F2N4S2/c18-15(19)16-21-22-17(25-16)23-14-8-13(7-6-12(14)9-20-23)24-10-11-4-2-1-3-5-11/h1-9,15H,10H2. The average Bonchev–Trinajstić information content (AvgIpc) is 3.27. The fraction of sp³-hybridized carbons (Fsp3) is 0.118. The first-order valence-electron chi connectivity index (χ1n) is 7.47. The molecule has 0 radical (unpaired) electrons. The predicted octanol–water partition coefficient (Wildman–Crippen LogP) is 5.11. The lowest BCUT2D eigenvalue weighted by Crippen LogP contribution is -1.95. The number of halogens is 2. The van der Waals surface area contributed by atoms with Gasteiger partial charge in [-0.3, -0.25) is 0 Å². The molecule has 2 heterocycles. The summed E-state index contributed by atoms with van der Waals surface area (Å²) in [6.07, 6.45) is -0.921. The molecule has 4 nitrogen and oxygen atoms in total. The van der Waals surface area contributed by atoms with Crippen LogP contribution >= 0.6 is 23.1 Å². The summed E-state index contributed by atoms with van der Waals surface area (Å²) in [5, 5.41) is 12.6. The first-order valence-corrected chi connectivity index (χ1v) is 9.27. The number of nitrogens with zero attached hydrogens (tertiary/aromatic N) is 4. The third-order valence-electron chi connectivity index (χ3n) is 3.59. The van der Waals surface area contributed by atoms with E-state index in [0.717, 1.165) is 32.9 Å². The van der Waals surface area contributed by atoms with Crippen LogP contribution in [-0.2, 0) is 5.75 Å². The Bertz CT molecular complexity index is 998. The molecule has 126 valence electrons. The summed E-state index contributed by atoms with van der Waals surface area (Å²) in [4.78, 5) is 1.08. The molecule has 8 heteroatoms. The van der Waals surface area contributed by atoms with Crippen molar-refractivity contribution in [2.45, 2.75) is 17.1 Å². The van der Waals surface area contributed by atoms with E-state index in [4.69, 9.17) is 0 Å². The zero-order valence-electron chi connectivity index (χ0n) is 12.8. The van der Waals surface area contributed by atoms with Gasteiger partial charge in [-0.1, -0.05) is 47.7 Å². The highest BCUT2D eigenvalue weighted by atomic mass is 32.2. The third-order valence-corrected chi connectivity index (χ3v) is 5.56. The molecule has 0 unspecified atom stereocenters. The summed E-state index contributed by atoms with van der Waals surface area (Å²) in [6.45, 7) is 0. The van der Waals surface area contributed by atoms with Crippen LogP contribution in [0.15, 0.2) is 59.6 Å². The van der Waals surface area contributed by atoms with Crippen molar-refractivity contribution in [1.82, 2.24) is 20.0 Å². The van der Waals surface area contributed by atoms with Crippen molar-refractivity contribution in [3.05, 3.63) is 65.3 Å². The lowest BCUT2D eigenvalue weighted by atomic mass is 10.2. The molecular weight excluding hydrogens is 362 g/mol. The van der Waals surface area contributed by atoms with Crippen LogP contribution in [0.1, 0.15) is 17.0 Å². The van der Waals surface area contributed by atoms with Gasteiger partial charge in [0.2, 0.25) is 5.13 Å². The molecule has 0 aliphatic rings. The molecule has 0 aliphatic heterocycles. The molecule has 0 atom stereocenters. The van der Waals surface area contributed by atoms with Crippen molar-refractivity contribution in [3.8, 4) is 5.13 Å². The molecule has 0 spiro atoms. The molecule has 0 aliphatic carbocycles. The van der Waals surface area contributed by atoms with Crippen LogP contribution in [0.25, 0.3) is 16.0 Å². The Balaban J connectivity index is 1.63. The van der Waals surface area contributed by atoms with Gasteiger partial charge in [0.15, 0.2) is 5.01 Å². The quantitative estimate of drug-likeness (QED) is 0.456. The molecule has 0 amide bonds. The van der Waals surface area contributed by atoms with Gasteiger partial charge in [-0.05, 0) is 17.7 Å². The van der Waals surface area contributed by atoms with Crippen LogP contribution in [-0.4, -0.2) is 20.0 Å². The summed E-state index contributed by atoms with van der Waals surface area (Å²) in [6, 6.07) is 16.2. The highest BCUT2D eigenvalue weighted by Gasteiger charge is 2.16. The summed E-state index contributed by atoms with van der Waals surface area (Å²) < 4.78 is 27.0. The zero-order valence-corrected chi connectivity index (χ0v) is 14.5. The second kappa shape index (κ2) is 6.89. The minimum Gasteiger partial charge on any atom is -0.204 e. The maximum absolute atomic E-state index is 12.7. The SMILES string of the molecule is FC(F)c1nnc(-n2ncc3ccc(SCc4ccccc4)cc32)s1. The van der Waals surface area contributed by atoms with Crippen molar-refractivity contribution < 1.29 is 8.78 Å². The van der Waals surface area contributed by atoms with Crippen LogP contribution in [0.5, 0.6) is 0 Å². The average molecular weight is 374 g/mol. The van der Waals surface area contributed by atoms with Gasteiger partial charge in [0.25, 0.3) is 6.43 Å². The Labute approximate surface area is 150 Å². The molecule has 2 aromatic carbocycles. The predicted molar refractivity (Wildman–Crippen MR) is 95.5 cm³/mol. The Hall–Kier alpha value is -2.32. The Morgan fingerprint density at radius 3 is 2.68 bits per heavy atom. The van der Waals surface area contributed by atoms with Crippen molar-refractivity contribution >= 4 is 34.0 Å². The maximum atomic E-state index is 12.7. The van der Waals surface area contributed by atoms with E-state index < -0.39 is 6.43 Å². The molecule has 0 saturated heterocycles. The van der Waals surface area contributed by atoms with E-state index in [1.54, 1.807) is 22.6 Å². The van der Waals surface area contributed by atoms with Crippen molar-refractivity contribution in [2.75, 3.05) is 0 Å². The highest BCUT2D eigenvalue weighted by molar-refractivity contribution is 7.98. The topological polar surface area (TPSA) is 43.6 Å². The second-order valence-electron chi connectivity index (χ2n) is 5.27. The summed E-state index contributed by atoms with van der Waals surface area (Å²) in [5.74, 6) is 0.856. The maximum Gasteiger partial charge on any atom is 0.291 e. The minimum atomic E-state index is -2.62. The monoisotopic (exact) mass is 374 g/mol. The minimum absolute atomic E-state index is 0.298. The fourth-order valence-corrected chi connectivity index (χ4v) is 3.94. The van der Waals surface area contributed by atoms with Crippen molar-refractivity contribution in [3.63, 3.8) is 0 Å². The molecule has 0 bridgehead atoms. The number of rotatable bonds is 5. The van der Waals surface area contributed by atoms with E-state index in [1.807, 2.05) is 36.4 Å². The van der Waals surface area contributed by atoms with E-state index >= 15 is 0 Å². The number of alkyl halides is 2. The zero-order chi connectivity index (χ0) is 17.2. The van der Waals surface area contributed by atoms with Crippen molar-refractivity contribution in [1.29, 1.82) is 0 Å². The van der Waals surface area contributed by atoms with Gasteiger partial charge in [-0.15, -0.1) is 22.0 Å². The Kier molecular flexibility index (Phi) is 4.46. The molecule has 2 aromatic heterocycles. The first-order chi connectivity index (χ1) is 12.2. The number of fused-ring (bicyclic) bond motifs is 1. The van der Waals surface area contributed by atoms with Gasteiger partial charge in [0.1, 0.15) is 0 Å². The highest BCUT2D eigenvalue weighted by Crippen LogP contribution is 2.30. The lowest BCUT2D eigenvalue weighted by Gasteiger charge is -2.03. The van der Waals surface area contributed by atoms with E-state index in [1.165, 1.54) is 5.56 Å². The molecular formula is C17H12F2N4S2. The Morgan fingerprint density at radius 2 is 1.92 bits per heavy atom. The second-order valence-corrected chi connectivity index (χ2v) is 7.31. The van der Waals surface area contributed by atoms with Gasteiger partial charge >= 0.3 is 0 Å². The van der Waals surface area contributed by atoms with Gasteiger partial charge in [-0.25, -0.2) is 13.5 Å². The fourth-order valence-electron chi connectivity index (χ4n) is 2.38. The summed E-state index contributed by atoms with van der Waals surface area (Å²) >= 11 is 2.56. The van der Waals surface area contributed by atoms with Gasteiger partial charge in [0, 0.05) is 16.0 Å². The van der Waals surface area contributed by atoms with Gasteiger partial charge < -0.3 is 0 Å². The molecule has 4 rings (SSSR count). The van der Waals surface area contributed by atoms with E-state index in [9.17, 15) is 8.78 Å².